The lowest BCUT2D eigenvalue weighted by Gasteiger charge is -1.95. The third kappa shape index (κ3) is 2.20. The van der Waals surface area contributed by atoms with Gasteiger partial charge in [0.05, 0.1) is 9.21 Å². The highest BCUT2D eigenvalue weighted by Crippen LogP contribution is 2.20. The first-order chi connectivity index (χ1) is 5.24. The molecule has 0 atom stereocenters. The van der Waals surface area contributed by atoms with Crippen molar-refractivity contribution in [1.82, 2.24) is 5.32 Å². The molecule has 0 radical (unpaired) electrons. The summed E-state index contributed by atoms with van der Waals surface area (Å²) in [7, 11) is 0. The summed E-state index contributed by atoms with van der Waals surface area (Å²) in [5, 5.41) is 2.69. The van der Waals surface area contributed by atoms with Crippen molar-refractivity contribution >= 4 is 28.8 Å². The van der Waals surface area contributed by atoms with Gasteiger partial charge in [-0.3, -0.25) is 4.79 Å². The van der Waals surface area contributed by atoms with Crippen LogP contribution in [0.1, 0.15) is 16.6 Å². The molecule has 1 amide bonds. The second kappa shape index (κ2) is 3.74. The fourth-order valence-corrected chi connectivity index (χ4v) is 1.64. The SMILES string of the molecule is CCNC(=O)c1ccc(Cl)s1. The molecule has 0 bridgehead atoms. The molecule has 1 N–H and O–H groups in total. The largest absolute Gasteiger partial charge is 0.352 e. The van der Waals surface area contributed by atoms with E-state index in [2.05, 4.69) is 5.32 Å². The summed E-state index contributed by atoms with van der Waals surface area (Å²) in [5.41, 5.74) is 0. The minimum absolute atomic E-state index is 0.0515. The Bertz CT molecular complexity index is 259. The van der Waals surface area contributed by atoms with Crippen molar-refractivity contribution in [3.63, 3.8) is 0 Å². The molecule has 0 saturated carbocycles. The maximum atomic E-state index is 11.1. The van der Waals surface area contributed by atoms with E-state index in [1.54, 1.807) is 12.1 Å². The first-order valence-electron chi connectivity index (χ1n) is 3.27. The van der Waals surface area contributed by atoms with Crippen LogP contribution < -0.4 is 5.32 Å². The molecule has 2 nitrogen and oxygen atoms in total. The zero-order chi connectivity index (χ0) is 8.27. The van der Waals surface area contributed by atoms with E-state index in [0.717, 1.165) is 0 Å². The zero-order valence-electron chi connectivity index (χ0n) is 6.06. The maximum absolute atomic E-state index is 11.1. The number of carbonyl (C=O) groups is 1. The Hall–Kier alpha value is -0.540. The predicted octanol–water partition coefficient (Wildman–Crippen LogP) is 2.15. The van der Waals surface area contributed by atoms with Crippen molar-refractivity contribution in [2.75, 3.05) is 6.54 Å². The van der Waals surface area contributed by atoms with Crippen LogP contribution in [0.3, 0.4) is 0 Å². The summed E-state index contributed by atoms with van der Waals surface area (Å²) >= 11 is 6.93. The Kier molecular flexibility index (Phi) is 2.91. The van der Waals surface area contributed by atoms with Gasteiger partial charge in [0.25, 0.3) is 5.91 Å². The van der Waals surface area contributed by atoms with Crippen molar-refractivity contribution in [3.8, 4) is 0 Å². The van der Waals surface area contributed by atoms with Gasteiger partial charge < -0.3 is 5.32 Å². The van der Waals surface area contributed by atoms with Gasteiger partial charge in [-0.2, -0.15) is 0 Å². The molecule has 0 aliphatic rings. The van der Waals surface area contributed by atoms with Gasteiger partial charge in [-0.1, -0.05) is 11.6 Å². The van der Waals surface area contributed by atoms with Crippen molar-refractivity contribution in [3.05, 3.63) is 21.3 Å². The lowest BCUT2D eigenvalue weighted by molar-refractivity contribution is 0.0960. The van der Waals surface area contributed by atoms with Gasteiger partial charge in [-0.25, -0.2) is 0 Å². The Morgan fingerprint density at radius 3 is 2.91 bits per heavy atom. The molecule has 60 valence electrons. The van der Waals surface area contributed by atoms with Crippen LogP contribution in [0.4, 0.5) is 0 Å². The molecule has 1 heterocycles. The number of nitrogens with one attached hydrogen (secondary N) is 1. The van der Waals surface area contributed by atoms with E-state index in [9.17, 15) is 4.79 Å². The molecule has 11 heavy (non-hydrogen) atoms. The fourth-order valence-electron chi connectivity index (χ4n) is 0.684. The lowest BCUT2D eigenvalue weighted by atomic mass is 10.4. The predicted molar refractivity (Wildman–Crippen MR) is 47.3 cm³/mol. The van der Waals surface area contributed by atoms with E-state index in [1.165, 1.54) is 11.3 Å². The molecule has 4 heteroatoms. The fraction of sp³-hybridized carbons (Fsp3) is 0.286. The highest BCUT2D eigenvalue weighted by molar-refractivity contribution is 7.17. The smallest absolute Gasteiger partial charge is 0.261 e. The molecule has 0 unspecified atom stereocenters. The molecule has 1 aromatic rings. The van der Waals surface area contributed by atoms with Gasteiger partial charge >= 0.3 is 0 Å². The molecule has 0 spiro atoms. The molecule has 0 aliphatic heterocycles. The first-order valence-corrected chi connectivity index (χ1v) is 4.47. The number of halogens is 1. The van der Waals surface area contributed by atoms with Gasteiger partial charge in [-0.05, 0) is 19.1 Å². The Balaban J connectivity index is 2.69. The zero-order valence-corrected chi connectivity index (χ0v) is 7.63. The first kappa shape index (κ1) is 8.56. The molecule has 0 aromatic carbocycles. The summed E-state index contributed by atoms with van der Waals surface area (Å²) in [5.74, 6) is -0.0515. The Morgan fingerprint density at radius 2 is 2.45 bits per heavy atom. The van der Waals surface area contributed by atoms with Crippen LogP contribution in [0.25, 0.3) is 0 Å². The summed E-state index contributed by atoms with van der Waals surface area (Å²) < 4.78 is 0.645. The maximum Gasteiger partial charge on any atom is 0.261 e. The van der Waals surface area contributed by atoms with E-state index in [-0.39, 0.29) is 5.91 Å². The highest BCUT2D eigenvalue weighted by Gasteiger charge is 2.05. The normalized spacial score (nSPS) is 9.64. The van der Waals surface area contributed by atoms with Gasteiger partial charge in [0.1, 0.15) is 0 Å². The van der Waals surface area contributed by atoms with E-state index >= 15 is 0 Å². The van der Waals surface area contributed by atoms with Crippen molar-refractivity contribution < 1.29 is 4.79 Å². The summed E-state index contributed by atoms with van der Waals surface area (Å²) in [6.45, 7) is 2.53. The standard InChI is InChI=1S/C7H8ClNOS/c1-2-9-7(10)5-3-4-6(8)11-5/h3-4H,2H2,1H3,(H,9,10). The molecule has 1 aromatic heterocycles. The molecule has 0 aliphatic carbocycles. The Labute approximate surface area is 74.2 Å². The minimum Gasteiger partial charge on any atom is -0.352 e. The van der Waals surface area contributed by atoms with E-state index in [0.29, 0.717) is 15.8 Å². The molecular formula is C7H8ClNOS. The van der Waals surface area contributed by atoms with Crippen LogP contribution in [0.5, 0.6) is 0 Å². The molecule has 0 saturated heterocycles. The topological polar surface area (TPSA) is 29.1 Å². The van der Waals surface area contributed by atoms with E-state index in [4.69, 9.17) is 11.6 Å². The van der Waals surface area contributed by atoms with E-state index < -0.39 is 0 Å². The molecule has 1 rings (SSSR count). The number of hydrogen-bond acceptors (Lipinski definition) is 2. The third-order valence-corrected chi connectivity index (χ3v) is 2.36. The van der Waals surface area contributed by atoms with Gasteiger partial charge in [0, 0.05) is 6.54 Å². The summed E-state index contributed by atoms with van der Waals surface area (Å²) in [4.78, 5) is 11.8. The lowest BCUT2D eigenvalue weighted by Crippen LogP contribution is -2.21. The minimum atomic E-state index is -0.0515. The molecule has 0 fully saturated rings. The van der Waals surface area contributed by atoms with Gasteiger partial charge in [0.2, 0.25) is 0 Å². The molecular weight excluding hydrogens is 182 g/mol. The summed E-state index contributed by atoms with van der Waals surface area (Å²) in [6, 6.07) is 3.44. The number of thiophene rings is 1. The van der Waals surface area contributed by atoms with E-state index in [1.807, 2.05) is 6.92 Å². The second-order valence-corrected chi connectivity index (χ2v) is 3.68. The van der Waals surface area contributed by atoms with Crippen LogP contribution in [0, 0.1) is 0 Å². The van der Waals surface area contributed by atoms with Crippen LogP contribution >= 0.6 is 22.9 Å². The average molecular weight is 190 g/mol. The average Bonchev–Trinajstić information content (AvgIpc) is 2.36. The monoisotopic (exact) mass is 189 g/mol. The van der Waals surface area contributed by atoms with Gasteiger partial charge in [-0.15, -0.1) is 11.3 Å². The van der Waals surface area contributed by atoms with Crippen LogP contribution in [-0.4, -0.2) is 12.5 Å². The number of carbonyl (C=O) groups excluding carboxylic acids is 1. The number of hydrogen-bond donors (Lipinski definition) is 1. The highest BCUT2D eigenvalue weighted by atomic mass is 35.5. The van der Waals surface area contributed by atoms with Crippen LogP contribution in [0.2, 0.25) is 4.34 Å². The van der Waals surface area contributed by atoms with Crippen molar-refractivity contribution in [1.29, 1.82) is 0 Å². The third-order valence-electron chi connectivity index (χ3n) is 1.13. The Morgan fingerprint density at radius 1 is 1.73 bits per heavy atom. The van der Waals surface area contributed by atoms with Crippen LogP contribution in [-0.2, 0) is 0 Å². The second-order valence-electron chi connectivity index (χ2n) is 1.96. The summed E-state index contributed by atoms with van der Waals surface area (Å²) in [6.07, 6.45) is 0. The number of amides is 1. The van der Waals surface area contributed by atoms with Crippen molar-refractivity contribution in [2.45, 2.75) is 6.92 Å². The number of rotatable bonds is 2. The van der Waals surface area contributed by atoms with Gasteiger partial charge in [0.15, 0.2) is 0 Å². The quantitative estimate of drug-likeness (QED) is 0.759. The van der Waals surface area contributed by atoms with Crippen molar-refractivity contribution in [2.24, 2.45) is 0 Å². The van der Waals surface area contributed by atoms with Crippen LogP contribution in [0.15, 0.2) is 12.1 Å².